The van der Waals surface area contributed by atoms with Gasteiger partial charge in [0.15, 0.2) is 0 Å². The smallest absolute Gasteiger partial charge is 1.00 e. The van der Waals surface area contributed by atoms with Gasteiger partial charge in [-0.3, -0.25) is 4.55 Å². The molecule has 5 N–H and O–H groups in total. The second-order valence-corrected chi connectivity index (χ2v) is 1.28. The normalized spacial score (nSPS) is 5.80. The van der Waals surface area contributed by atoms with Crippen molar-refractivity contribution in [3.05, 3.63) is 0 Å². The second kappa shape index (κ2) is 17.5. The van der Waals surface area contributed by atoms with Gasteiger partial charge in [0, 0.05) is 0 Å². The molecule has 0 aromatic heterocycles. The molecule has 5 nitrogen and oxygen atoms in total. The molecule has 0 heterocycles. The Balaban J connectivity index is -0.00000000800. The van der Waals surface area contributed by atoms with Gasteiger partial charge in [-0.15, -0.1) is 0 Å². The molecule has 10 heteroatoms. The average molecular weight is 232 g/mol. The summed E-state index contributed by atoms with van der Waals surface area (Å²) in [5, 5.41) is 0. The van der Waals surface area contributed by atoms with Gasteiger partial charge in [0.05, 0.1) is 0 Å². The van der Waals surface area contributed by atoms with E-state index >= 15 is 0 Å². The van der Waals surface area contributed by atoms with Gasteiger partial charge in [0.2, 0.25) is 10.4 Å². The summed E-state index contributed by atoms with van der Waals surface area (Å²) in [6, 6.07) is 0. The molecule has 0 fully saturated rings. The molecule has 0 aliphatic carbocycles. The molecule has 0 aliphatic heterocycles. The summed E-state index contributed by atoms with van der Waals surface area (Å²) in [5.74, 6) is 0. The summed E-state index contributed by atoms with van der Waals surface area (Å²) in [4.78, 5) is 0. The van der Waals surface area contributed by atoms with Crippen molar-refractivity contribution in [3.8, 4) is 0 Å². The fourth-order valence-corrected chi connectivity index (χ4v) is 0. The number of rotatable bonds is 0. The van der Waals surface area contributed by atoms with Crippen LogP contribution in [0.2, 0.25) is 0 Å². The first-order chi connectivity index (χ1) is 2.00. The van der Waals surface area contributed by atoms with Gasteiger partial charge in [-0.1, -0.05) is 0 Å². The fourth-order valence-electron chi connectivity index (χ4n) is 0. The van der Waals surface area contributed by atoms with Gasteiger partial charge < -0.3 is 35.5 Å². The van der Waals surface area contributed by atoms with Crippen LogP contribution in [0.15, 0.2) is 0 Å². The van der Waals surface area contributed by atoms with E-state index in [1.54, 1.807) is 0 Å². The summed E-state index contributed by atoms with van der Waals surface area (Å²) in [6.07, 6.45) is 0. The first-order valence-electron chi connectivity index (χ1n) is 0.683. The van der Waals surface area contributed by atoms with E-state index in [9.17, 15) is 0 Å². The largest absolute Gasteiger partial charge is 1.00 e. The first kappa shape index (κ1) is 39.3. The number of hydrogen-bond donors (Lipinski definition) is 2. The van der Waals surface area contributed by atoms with E-state index in [-0.39, 0.29) is 90.1 Å². The molecule has 0 aromatic carbocycles. The summed E-state index contributed by atoms with van der Waals surface area (Å²) in [5.41, 5.74) is 0. The number of quaternary nitrogens is 1. The summed E-state index contributed by atoms with van der Waals surface area (Å²) >= 11 is 0. The molecule has 0 amide bonds. The third-order valence-corrected chi connectivity index (χ3v) is 0. The third kappa shape index (κ3) is 159. The summed E-state index contributed by atoms with van der Waals surface area (Å²) in [6.45, 7) is 0. The monoisotopic (exact) mass is 231 g/mol. The van der Waals surface area contributed by atoms with E-state index in [2.05, 4.69) is 0 Å². The van der Waals surface area contributed by atoms with E-state index in [4.69, 9.17) is 17.5 Å². The number of hydrogen-bond acceptors (Lipinski definition) is 3. The van der Waals surface area contributed by atoms with E-state index < -0.39 is 10.4 Å². The maximum Gasteiger partial charge on any atom is 1.00 e. The predicted molar refractivity (Wildman–Crippen MR) is 18.3 cm³/mol. The van der Waals surface area contributed by atoms with Crippen LogP contribution >= 0.6 is 0 Å². The van der Waals surface area contributed by atoms with Crippen LogP contribution in [0.3, 0.4) is 0 Å². The van der Waals surface area contributed by atoms with E-state index in [0.717, 1.165) is 0 Å². The van der Waals surface area contributed by atoms with Gasteiger partial charge in [0.25, 0.3) is 0 Å². The second-order valence-electron chi connectivity index (χ2n) is 0.428. The number of halogens is 2. The Morgan fingerprint density at radius 3 is 1.10 bits per heavy atom. The zero-order chi connectivity index (χ0) is 4.50. The summed E-state index contributed by atoms with van der Waals surface area (Å²) < 4.78 is 32.8. The van der Waals surface area contributed by atoms with E-state index in [1.165, 1.54) is 0 Å². The van der Waals surface area contributed by atoms with Gasteiger partial charge in [-0.05, 0) is 0 Å². The Kier molecular flexibility index (Phi) is 68.7. The molecule has 56 valence electrons. The molecule has 0 bridgehead atoms. The average Bonchev–Trinajstić information content (AvgIpc) is 0.722. The van der Waals surface area contributed by atoms with Crippen LogP contribution in [0.1, 0.15) is 0 Å². The standard InChI is InChI=1S/2ClH.H3N.2Na.H2O4S/c;;;;;1-5(2,3)4/h2*1H;1H3;;;(H2,1,2,3,4)/q;;;2*+1;/p-2. The quantitative estimate of drug-likeness (QED) is 0.245. The topological polar surface area (TPSA) is 114 Å². The van der Waals surface area contributed by atoms with Crippen LogP contribution in [-0.4, -0.2) is 17.5 Å². The van der Waals surface area contributed by atoms with Gasteiger partial charge in [0.1, 0.15) is 0 Å². The molecule has 0 atom stereocenters. The molecule has 0 unspecified atom stereocenters. The van der Waals surface area contributed by atoms with Gasteiger partial charge in [-0.25, -0.2) is 8.42 Å². The maximum absolute atomic E-state index is 8.63. The fraction of sp³-hybridized carbons (Fsp3) is 0. The van der Waals surface area contributed by atoms with Gasteiger partial charge >= 0.3 is 59.1 Å². The van der Waals surface area contributed by atoms with Crippen molar-refractivity contribution in [2.45, 2.75) is 0 Å². The molecular formula is H5Cl2NNa2O4S. The zero-order valence-corrected chi connectivity index (χ0v) is 12.2. The van der Waals surface area contributed by atoms with Crippen LogP contribution in [0.4, 0.5) is 0 Å². The minimum atomic E-state index is -4.92. The third-order valence-electron chi connectivity index (χ3n) is 0. The van der Waals surface area contributed by atoms with Crippen LogP contribution in [0.5, 0.6) is 0 Å². The maximum atomic E-state index is 8.63. The van der Waals surface area contributed by atoms with Crippen molar-refractivity contribution in [2.75, 3.05) is 0 Å². The Bertz CT molecular complexity index is 104. The Morgan fingerprint density at radius 1 is 1.10 bits per heavy atom. The molecule has 0 saturated heterocycles. The Hall–Kier alpha value is 2.41. The molecular weight excluding hydrogens is 227 g/mol. The molecule has 0 aromatic rings. The van der Waals surface area contributed by atoms with Crippen molar-refractivity contribution in [1.29, 1.82) is 0 Å². The predicted octanol–water partition coefficient (Wildman–Crippen LogP) is -12.6. The molecule has 0 aliphatic rings. The van der Waals surface area contributed by atoms with Gasteiger partial charge in [-0.2, -0.15) is 0 Å². The van der Waals surface area contributed by atoms with Crippen molar-refractivity contribution in [2.24, 2.45) is 0 Å². The SMILES string of the molecule is O=S(=O)([O-])O.[Cl-].[Cl-].[NH4+].[Na+].[Na+]. The minimum Gasteiger partial charge on any atom is -1.00 e. The Labute approximate surface area is 116 Å². The van der Waals surface area contributed by atoms with Crippen LogP contribution in [-0.2, 0) is 10.4 Å². The van der Waals surface area contributed by atoms with Crippen LogP contribution in [0, 0.1) is 0 Å². The Morgan fingerprint density at radius 2 is 1.10 bits per heavy atom. The first-order valence-corrected chi connectivity index (χ1v) is 2.05. The van der Waals surface area contributed by atoms with Crippen molar-refractivity contribution in [1.82, 2.24) is 6.15 Å². The van der Waals surface area contributed by atoms with Crippen LogP contribution < -0.4 is 90.1 Å². The summed E-state index contributed by atoms with van der Waals surface area (Å²) in [7, 11) is -4.92. The molecule has 0 saturated carbocycles. The van der Waals surface area contributed by atoms with E-state index in [1.807, 2.05) is 0 Å². The van der Waals surface area contributed by atoms with Crippen molar-refractivity contribution < 1.29 is 101 Å². The van der Waals surface area contributed by atoms with Crippen molar-refractivity contribution in [3.63, 3.8) is 0 Å². The van der Waals surface area contributed by atoms with E-state index in [0.29, 0.717) is 0 Å². The molecule has 0 spiro atoms. The molecule has 0 rings (SSSR count). The minimum absolute atomic E-state index is 0. The van der Waals surface area contributed by atoms with Crippen molar-refractivity contribution >= 4 is 10.4 Å². The molecule has 10 heavy (non-hydrogen) atoms. The zero-order valence-electron chi connectivity index (χ0n) is 5.84. The molecule has 0 radical (unpaired) electrons. The van der Waals surface area contributed by atoms with Crippen LogP contribution in [0.25, 0.3) is 0 Å².